The Balaban J connectivity index is 0.00000385. The van der Waals surface area contributed by atoms with Crippen LogP contribution in [-0.4, -0.2) is 50.9 Å². The molecular formula is C25H38IN5O2. The van der Waals surface area contributed by atoms with E-state index in [9.17, 15) is 0 Å². The molecule has 0 spiro atoms. The van der Waals surface area contributed by atoms with Crippen LogP contribution in [-0.2, 0) is 11.3 Å². The smallest absolute Gasteiger partial charge is 0.196 e. The lowest BCUT2D eigenvalue weighted by Gasteiger charge is -2.15. The highest BCUT2D eigenvalue weighted by Crippen LogP contribution is 2.28. The molecule has 0 radical (unpaired) electrons. The maximum atomic E-state index is 5.74. The van der Waals surface area contributed by atoms with Crippen molar-refractivity contribution in [2.24, 2.45) is 10.9 Å². The molecule has 1 heterocycles. The van der Waals surface area contributed by atoms with Gasteiger partial charge in [0.1, 0.15) is 11.6 Å². The SMILES string of the molecule is CC(C)Oc1ccc(NC(=NCc2ccnc(N(C)C)c2)NCCCOCC2CC2)cc1.I. The molecule has 2 N–H and O–H groups in total. The zero-order valence-electron chi connectivity index (χ0n) is 20.2. The Hall–Kier alpha value is -2.07. The average molecular weight is 568 g/mol. The topological polar surface area (TPSA) is 71.0 Å². The molecule has 0 unspecified atom stereocenters. The minimum atomic E-state index is 0. The third-order valence-electron chi connectivity index (χ3n) is 4.99. The van der Waals surface area contributed by atoms with E-state index in [0.29, 0.717) is 6.54 Å². The molecule has 1 fully saturated rings. The molecule has 0 bridgehead atoms. The van der Waals surface area contributed by atoms with E-state index < -0.39 is 0 Å². The third kappa shape index (κ3) is 10.6. The van der Waals surface area contributed by atoms with Crippen molar-refractivity contribution >= 4 is 41.4 Å². The quantitative estimate of drug-likeness (QED) is 0.164. The number of anilines is 2. The van der Waals surface area contributed by atoms with Gasteiger partial charge in [-0.15, -0.1) is 24.0 Å². The van der Waals surface area contributed by atoms with E-state index in [1.54, 1.807) is 0 Å². The first-order valence-corrected chi connectivity index (χ1v) is 11.5. The number of aromatic nitrogens is 1. The predicted octanol–water partition coefficient (Wildman–Crippen LogP) is 4.93. The molecule has 2 aromatic rings. The number of halogens is 1. The minimum absolute atomic E-state index is 0. The van der Waals surface area contributed by atoms with Crippen LogP contribution in [0.5, 0.6) is 5.75 Å². The Morgan fingerprint density at radius 3 is 2.61 bits per heavy atom. The highest BCUT2D eigenvalue weighted by atomic mass is 127. The van der Waals surface area contributed by atoms with Crippen molar-refractivity contribution in [2.45, 2.75) is 45.8 Å². The average Bonchev–Trinajstić information content (AvgIpc) is 3.60. The van der Waals surface area contributed by atoms with E-state index in [2.05, 4.69) is 21.7 Å². The van der Waals surface area contributed by atoms with Gasteiger partial charge in [0.05, 0.1) is 12.6 Å². The van der Waals surface area contributed by atoms with Gasteiger partial charge >= 0.3 is 0 Å². The summed E-state index contributed by atoms with van der Waals surface area (Å²) in [4.78, 5) is 11.2. The summed E-state index contributed by atoms with van der Waals surface area (Å²) in [6.45, 7) is 7.08. The predicted molar refractivity (Wildman–Crippen MR) is 147 cm³/mol. The summed E-state index contributed by atoms with van der Waals surface area (Å²) < 4.78 is 11.5. The van der Waals surface area contributed by atoms with Gasteiger partial charge in [0.15, 0.2) is 5.96 Å². The highest BCUT2D eigenvalue weighted by Gasteiger charge is 2.20. The van der Waals surface area contributed by atoms with E-state index >= 15 is 0 Å². The zero-order chi connectivity index (χ0) is 22.8. The van der Waals surface area contributed by atoms with Crippen LogP contribution in [0.3, 0.4) is 0 Å². The van der Waals surface area contributed by atoms with Crippen LogP contribution in [0.2, 0.25) is 0 Å². The van der Waals surface area contributed by atoms with Gasteiger partial charge in [0.25, 0.3) is 0 Å². The number of benzene rings is 1. The fraction of sp³-hybridized carbons (Fsp3) is 0.520. The monoisotopic (exact) mass is 567 g/mol. The Morgan fingerprint density at radius 1 is 1.18 bits per heavy atom. The molecule has 1 aromatic carbocycles. The molecule has 0 saturated heterocycles. The van der Waals surface area contributed by atoms with Crippen molar-refractivity contribution in [3.05, 3.63) is 48.2 Å². The van der Waals surface area contributed by atoms with Crippen LogP contribution in [0.25, 0.3) is 0 Å². The molecule has 1 aliphatic carbocycles. The summed E-state index contributed by atoms with van der Waals surface area (Å²) in [5, 5.41) is 6.83. The van der Waals surface area contributed by atoms with Gasteiger partial charge in [-0.3, -0.25) is 0 Å². The number of hydrogen-bond donors (Lipinski definition) is 2. The van der Waals surface area contributed by atoms with Crippen LogP contribution < -0.4 is 20.3 Å². The molecule has 1 aromatic heterocycles. The van der Waals surface area contributed by atoms with Crippen LogP contribution in [0.1, 0.15) is 38.7 Å². The van der Waals surface area contributed by atoms with Crippen molar-refractivity contribution < 1.29 is 9.47 Å². The van der Waals surface area contributed by atoms with Crippen LogP contribution in [0.4, 0.5) is 11.5 Å². The second-order valence-electron chi connectivity index (χ2n) is 8.70. The first-order chi connectivity index (χ1) is 15.5. The number of aliphatic imine (C=N–C) groups is 1. The molecule has 0 atom stereocenters. The molecule has 1 aliphatic rings. The number of guanidine groups is 1. The molecule has 33 heavy (non-hydrogen) atoms. The number of pyridine rings is 1. The molecule has 7 nitrogen and oxygen atoms in total. The summed E-state index contributed by atoms with van der Waals surface area (Å²) in [6.07, 6.45) is 5.57. The van der Waals surface area contributed by atoms with Gasteiger partial charge in [0.2, 0.25) is 0 Å². The van der Waals surface area contributed by atoms with E-state index in [-0.39, 0.29) is 30.1 Å². The maximum absolute atomic E-state index is 5.74. The minimum Gasteiger partial charge on any atom is -0.491 e. The van der Waals surface area contributed by atoms with Crippen LogP contribution in [0.15, 0.2) is 47.6 Å². The van der Waals surface area contributed by atoms with Gasteiger partial charge in [0, 0.05) is 45.7 Å². The molecule has 0 aliphatic heterocycles. The molecule has 182 valence electrons. The first kappa shape index (κ1) is 27.2. The second-order valence-corrected chi connectivity index (χ2v) is 8.70. The summed E-state index contributed by atoms with van der Waals surface area (Å²) >= 11 is 0. The first-order valence-electron chi connectivity index (χ1n) is 11.5. The van der Waals surface area contributed by atoms with E-state index in [4.69, 9.17) is 14.5 Å². The summed E-state index contributed by atoms with van der Waals surface area (Å²) in [7, 11) is 3.98. The lowest BCUT2D eigenvalue weighted by Crippen LogP contribution is -2.32. The lowest BCUT2D eigenvalue weighted by atomic mass is 10.2. The standard InChI is InChI=1S/C25H37N5O2.HI/c1-19(2)32-23-10-8-22(9-11-23)29-25(27-13-5-15-31-18-20-6-7-20)28-17-21-12-14-26-24(16-21)30(3)4;/h8-12,14,16,19-20H,5-7,13,15,17-18H2,1-4H3,(H2,27,28,29);1H. The van der Waals surface area contributed by atoms with Gasteiger partial charge < -0.3 is 25.0 Å². The van der Waals surface area contributed by atoms with Gasteiger partial charge in [-0.2, -0.15) is 0 Å². The third-order valence-corrected chi connectivity index (χ3v) is 4.99. The van der Waals surface area contributed by atoms with E-state index in [1.165, 1.54) is 12.8 Å². The fourth-order valence-electron chi connectivity index (χ4n) is 3.05. The van der Waals surface area contributed by atoms with Crippen LogP contribution in [0, 0.1) is 5.92 Å². The van der Waals surface area contributed by atoms with Gasteiger partial charge in [-0.25, -0.2) is 9.98 Å². The van der Waals surface area contributed by atoms with Gasteiger partial charge in [-0.1, -0.05) is 0 Å². The van der Waals surface area contributed by atoms with Gasteiger partial charge in [-0.05, 0) is 81.0 Å². The molecule has 0 amide bonds. The van der Waals surface area contributed by atoms with Crippen molar-refractivity contribution in [1.29, 1.82) is 0 Å². The van der Waals surface area contributed by atoms with Crippen LogP contribution >= 0.6 is 24.0 Å². The van der Waals surface area contributed by atoms with E-state index in [1.807, 2.05) is 69.4 Å². The maximum Gasteiger partial charge on any atom is 0.196 e. The second kappa shape index (κ2) is 14.2. The lowest BCUT2D eigenvalue weighted by molar-refractivity contribution is 0.123. The van der Waals surface area contributed by atoms with E-state index in [0.717, 1.165) is 60.9 Å². The number of ether oxygens (including phenoxy) is 2. The number of rotatable bonds is 12. The van der Waals surface area contributed by atoms with Crippen molar-refractivity contribution in [3.8, 4) is 5.75 Å². The fourth-order valence-corrected chi connectivity index (χ4v) is 3.05. The summed E-state index contributed by atoms with van der Waals surface area (Å²) in [5.74, 6) is 3.33. The number of nitrogens with zero attached hydrogens (tertiary/aromatic N) is 3. The molecule has 1 saturated carbocycles. The Labute approximate surface area is 215 Å². The zero-order valence-corrected chi connectivity index (χ0v) is 22.5. The van der Waals surface area contributed by atoms with Crippen molar-refractivity contribution in [3.63, 3.8) is 0 Å². The van der Waals surface area contributed by atoms with Crippen molar-refractivity contribution in [2.75, 3.05) is 44.1 Å². The highest BCUT2D eigenvalue weighted by molar-refractivity contribution is 14.0. The van der Waals surface area contributed by atoms with Crippen molar-refractivity contribution in [1.82, 2.24) is 10.3 Å². The largest absolute Gasteiger partial charge is 0.491 e. The number of nitrogens with one attached hydrogen (secondary N) is 2. The summed E-state index contributed by atoms with van der Waals surface area (Å²) in [5.41, 5.74) is 2.07. The Kier molecular flexibility index (Phi) is 11.7. The summed E-state index contributed by atoms with van der Waals surface area (Å²) in [6, 6.07) is 12.0. The molecular weight excluding hydrogens is 529 g/mol. The Morgan fingerprint density at radius 2 is 1.94 bits per heavy atom. The number of hydrogen-bond acceptors (Lipinski definition) is 5. The molecule has 3 rings (SSSR count). The normalized spacial score (nSPS) is 13.4. The Bertz CT molecular complexity index is 854. The molecule has 8 heteroatoms.